The van der Waals surface area contributed by atoms with E-state index in [-0.39, 0.29) is 0 Å². The highest BCUT2D eigenvalue weighted by molar-refractivity contribution is 6.35. The van der Waals surface area contributed by atoms with Gasteiger partial charge in [-0.3, -0.25) is 0 Å². The van der Waals surface area contributed by atoms with Crippen molar-refractivity contribution in [3.05, 3.63) is 69.2 Å². The highest BCUT2D eigenvalue weighted by Gasteiger charge is 2.12. The molecule has 0 amide bonds. The summed E-state index contributed by atoms with van der Waals surface area (Å²) in [4.78, 5) is 0. The fourth-order valence-electron chi connectivity index (χ4n) is 1.83. The third kappa shape index (κ3) is 3.44. The molecule has 19 heavy (non-hydrogen) atoms. The molecule has 0 aliphatic heterocycles. The van der Waals surface area contributed by atoms with Crippen LogP contribution in [0.1, 0.15) is 17.2 Å². The smallest absolute Gasteiger partial charge is 0.159 e. The summed E-state index contributed by atoms with van der Waals surface area (Å²) in [5, 5.41) is 0.983. The van der Waals surface area contributed by atoms with Gasteiger partial charge in [0.15, 0.2) is 11.6 Å². The molecular weight excluding hydrogens is 291 g/mol. The Labute approximate surface area is 119 Å². The van der Waals surface area contributed by atoms with E-state index in [4.69, 9.17) is 28.9 Å². The van der Waals surface area contributed by atoms with Crippen molar-refractivity contribution in [2.24, 2.45) is 5.73 Å². The van der Waals surface area contributed by atoms with Crippen LogP contribution in [0.25, 0.3) is 0 Å². The molecule has 1 unspecified atom stereocenters. The third-order valence-corrected chi connectivity index (χ3v) is 3.36. The van der Waals surface area contributed by atoms with Crippen LogP contribution < -0.4 is 5.73 Å². The van der Waals surface area contributed by atoms with Crippen LogP contribution in [0.5, 0.6) is 0 Å². The van der Waals surface area contributed by atoms with E-state index in [0.29, 0.717) is 22.0 Å². The van der Waals surface area contributed by atoms with E-state index in [0.717, 1.165) is 17.7 Å². The van der Waals surface area contributed by atoms with Crippen molar-refractivity contribution in [1.82, 2.24) is 0 Å². The van der Waals surface area contributed by atoms with Crippen molar-refractivity contribution < 1.29 is 8.78 Å². The van der Waals surface area contributed by atoms with Crippen LogP contribution in [0, 0.1) is 11.6 Å². The lowest BCUT2D eigenvalue weighted by atomic mass is 9.99. The Kier molecular flexibility index (Phi) is 4.40. The van der Waals surface area contributed by atoms with E-state index in [2.05, 4.69) is 0 Å². The zero-order chi connectivity index (χ0) is 14.0. The molecule has 0 fully saturated rings. The van der Waals surface area contributed by atoms with Gasteiger partial charge >= 0.3 is 0 Å². The summed E-state index contributed by atoms with van der Waals surface area (Å²) in [7, 11) is 0. The number of halogens is 4. The van der Waals surface area contributed by atoms with Gasteiger partial charge in [-0.05, 0) is 41.8 Å². The van der Waals surface area contributed by atoms with Gasteiger partial charge in [0.25, 0.3) is 0 Å². The lowest BCUT2D eigenvalue weighted by Crippen LogP contribution is -2.14. The van der Waals surface area contributed by atoms with Crippen molar-refractivity contribution in [2.75, 3.05) is 0 Å². The normalized spacial score (nSPS) is 12.5. The average Bonchev–Trinajstić information content (AvgIpc) is 2.33. The van der Waals surface area contributed by atoms with Gasteiger partial charge in [-0.25, -0.2) is 8.78 Å². The third-order valence-electron chi connectivity index (χ3n) is 2.80. The van der Waals surface area contributed by atoms with E-state index in [9.17, 15) is 8.78 Å². The van der Waals surface area contributed by atoms with Crippen LogP contribution in [0.15, 0.2) is 36.4 Å². The molecule has 0 heterocycles. The monoisotopic (exact) mass is 301 g/mol. The molecule has 0 spiro atoms. The zero-order valence-electron chi connectivity index (χ0n) is 9.84. The van der Waals surface area contributed by atoms with Gasteiger partial charge in [0.2, 0.25) is 0 Å². The Hall–Kier alpha value is -1.16. The van der Waals surface area contributed by atoms with E-state index in [1.54, 1.807) is 18.2 Å². The number of nitrogens with two attached hydrogens (primary N) is 1. The summed E-state index contributed by atoms with van der Waals surface area (Å²) in [6.07, 6.45) is 0.360. The van der Waals surface area contributed by atoms with E-state index in [1.807, 2.05) is 0 Å². The first-order chi connectivity index (χ1) is 8.97. The summed E-state index contributed by atoms with van der Waals surface area (Å²) in [6, 6.07) is 8.34. The molecule has 0 bridgehead atoms. The number of benzene rings is 2. The van der Waals surface area contributed by atoms with E-state index >= 15 is 0 Å². The molecular formula is C14H11Cl2F2N. The quantitative estimate of drug-likeness (QED) is 0.886. The Bertz CT molecular complexity index is 602. The SMILES string of the molecule is NC(Cc1ccc(F)c(F)c1)c1ccc(Cl)cc1Cl. The van der Waals surface area contributed by atoms with Gasteiger partial charge in [0, 0.05) is 16.1 Å². The standard InChI is InChI=1S/C14H11Cl2F2N/c15-9-2-3-10(11(16)7-9)14(19)6-8-1-4-12(17)13(18)5-8/h1-5,7,14H,6,19H2. The first-order valence-corrected chi connectivity index (χ1v) is 6.37. The first kappa shape index (κ1) is 14.3. The molecule has 0 radical (unpaired) electrons. The van der Waals surface area contributed by atoms with Crippen LogP contribution in [0.3, 0.4) is 0 Å². The fraction of sp³-hybridized carbons (Fsp3) is 0.143. The van der Waals surface area contributed by atoms with E-state index < -0.39 is 17.7 Å². The summed E-state index contributed by atoms with van der Waals surface area (Å²) < 4.78 is 25.9. The summed E-state index contributed by atoms with van der Waals surface area (Å²) >= 11 is 11.9. The van der Waals surface area contributed by atoms with Gasteiger partial charge in [-0.2, -0.15) is 0 Å². The molecule has 2 N–H and O–H groups in total. The molecule has 1 nitrogen and oxygen atoms in total. The maximum absolute atomic E-state index is 13.1. The Morgan fingerprint density at radius 3 is 2.37 bits per heavy atom. The molecule has 0 aliphatic carbocycles. The molecule has 0 aromatic heterocycles. The van der Waals surface area contributed by atoms with Gasteiger partial charge in [0.1, 0.15) is 0 Å². The Balaban J connectivity index is 2.20. The van der Waals surface area contributed by atoms with Crippen LogP contribution in [0.4, 0.5) is 8.78 Å². The van der Waals surface area contributed by atoms with Gasteiger partial charge in [-0.1, -0.05) is 35.3 Å². The van der Waals surface area contributed by atoms with Crippen molar-refractivity contribution in [1.29, 1.82) is 0 Å². The lowest BCUT2D eigenvalue weighted by Gasteiger charge is -2.14. The second-order valence-electron chi connectivity index (χ2n) is 4.22. The van der Waals surface area contributed by atoms with Gasteiger partial charge in [0.05, 0.1) is 0 Å². The number of hydrogen-bond donors (Lipinski definition) is 1. The summed E-state index contributed by atoms with van der Waals surface area (Å²) in [5.74, 6) is -1.76. The molecule has 2 rings (SSSR count). The maximum atomic E-state index is 13.1. The predicted molar refractivity (Wildman–Crippen MR) is 73.5 cm³/mol. The molecule has 2 aromatic rings. The molecule has 1 atom stereocenters. The van der Waals surface area contributed by atoms with E-state index in [1.165, 1.54) is 6.07 Å². The second-order valence-corrected chi connectivity index (χ2v) is 5.07. The molecule has 100 valence electrons. The second kappa shape index (κ2) is 5.87. The Morgan fingerprint density at radius 2 is 1.74 bits per heavy atom. The van der Waals surface area contributed by atoms with Gasteiger partial charge < -0.3 is 5.73 Å². The minimum Gasteiger partial charge on any atom is -0.324 e. The molecule has 0 saturated carbocycles. The molecule has 0 saturated heterocycles. The average molecular weight is 302 g/mol. The first-order valence-electron chi connectivity index (χ1n) is 5.62. The zero-order valence-corrected chi connectivity index (χ0v) is 11.3. The van der Waals surface area contributed by atoms with Crippen LogP contribution in [-0.2, 0) is 6.42 Å². The fourth-order valence-corrected chi connectivity index (χ4v) is 2.38. The van der Waals surface area contributed by atoms with Crippen LogP contribution in [0.2, 0.25) is 10.0 Å². The van der Waals surface area contributed by atoms with Crippen molar-refractivity contribution in [3.8, 4) is 0 Å². The highest BCUT2D eigenvalue weighted by atomic mass is 35.5. The number of rotatable bonds is 3. The van der Waals surface area contributed by atoms with Crippen LogP contribution in [-0.4, -0.2) is 0 Å². The lowest BCUT2D eigenvalue weighted by molar-refractivity contribution is 0.506. The Morgan fingerprint density at radius 1 is 1.00 bits per heavy atom. The largest absolute Gasteiger partial charge is 0.324 e. The minimum absolute atomic E-state index is 0.360. The van der Waals surface area contributed by atoms with Crippen LogP contribution >= 0.6 is 23.2 Å². The van der Waals surface area contributed by atoms with Crippen molar-refractivity contribution >= 4 is 23.2 Å². The maximum Gasteiger partial charge on any atom is 0.159 e. The topological polar surface area (TPSA) is 26.0 Å². The van der Waals surface area contributed by atoms with Crippen molar-refractivity contribution in [3.63, 3.8) is 0 Å². The van der Waals surface area contributed by atoms with Gasteiger partial charge in [-0.15, -0.1) is 0 Å². The molecule has 0 aliphatic rings. The number of hydrogen-bond acceptors (Lipinski definition) is 1. The molecule has 5 heteroatoms. The highest BCUT2D eigenvalue weighted by Crippen LogP contribution is 2.27. The summed E-state index contributed by atoms with van der Waals surface area (Å²) in [5.41, 5.74) is 7.35. The summed E-state index contributed by atoms with van der Waals surface area (Å²) in [6.45, 7) is 0. The predicted octanol–water partition coefficient (Wildman–Crippen LogP) is 4.51. The molecule has 2 aromatic carbocycles. The minimum atomic E-state index is -0.882. The van der Waals surface area contributed by atoms with Crippen molar-refractivity contribution in [2.45, 2.75) is 12.5 Å².